The third-order valence-corrected chi connectivity index (χ3v) is 4.21. The third-order valence-electron chi connectivity index (χ3n) is 3.53. The SMILES string of the molecule is COCC1CCN(c2ccc([C@H](C)N)c(Br)c2)C1. The molecular weight excluding hydrogens is 292 g/mol. The quantitative estimate of drug-likeness (QED) is 0.929. The fourth-order valence-electron chi connectivity index (χ4n) is 2.52. The van der Waals surface area contributed by atoms with Gasteiger partial charge < -0.3 is 15.4 Å². The van der Waals surface area contributed by atoms with E-state index in [9.17, 15) is 0 Å². The average Bonchev–Trinajstić information content (AvgIpc) is 2.77. The van der Waals surface area contributed by atoms with Gasteiger partial charge in [0.15, 0.2) is 0 Å². The first kappa shape index (κ1) is 13.8. The average molecular weight is 313 g/mol. The van der Waals surface area contributed by atoms with Crippen molar-refractivity contribution in [2.45, 2.75) is 19.4 Å². The lowest BCUT2D eigenvalue weighted by atomic mass is 10.1. The predicted octanol–water partition coefficient (Wildman–Crippen LogP) is 2.94. The van der Waals surface area contributed by atoms with Gasteiger partial charge in [-0.05, 0) is 31.0 Å². The van der Waals surface area contributed by atoms with Crippen LogP contribution in [-0.2, 0) is 4.74 Å². The number of nitrogens with two attached hydrogens (primary N) is 1. The van der Waals surface area contributed by atoms with Gasteiger partial charge in [0.25, 0.3) is 0 Å². The topological polar surface area (TPSA) is 38.5 Å². The molecule has 0 amide bonds. The Morgan fingerprint density at radius 3 is 2.94 bits per heavy atom. The van der Waals surface area contributed by atoms with Crippen LogP contribution in [-0.4, -0.2) is 26.8 Å². The summed E-state index contributed by atoms with van der Waals surface area (Å²) < 4.78 is 6.33. The van der Waals surface area contributed by atoms with E-state index in [4.69, 9.17) is 10.5 Å². The highest BCUT2D eigenvalue weighted by Gasteiger charge is 2.23. The zero-order chi connectivity index (χ0) is 13.1. The maximum atomic E-state index is 5.92. The van der Waals surface area contributed by atoms with Gasteiger partial charge in [-0.15, -0.1) is 0 Å². The Hall–Kier alpha value is -0.580. The van der Waals surface area contributed by atoms with Crippen LogP contribution in [0.25, 0.3) is 0 Å². The van der Waals surface area contributed by atoms with Gasteiger partial charge in [0.05, 0.1) is 6.61 Å². The highest BCUT2D eigenvalue weighted by atomic mass is 79.9. The van der Waals surface area contributed by atoms with E-state index in [2.05, 4.69) is 39.0 Å². The van der Waals surface area contributed by atoms with Crippen molar-refractivity contribution in [1.82, 2.24) is 0 Å². The number of methoxy groups -OCH3 is 1. The van der Waals surface area contributed by atoms with Crippen LogP contribution in [0, 0.1) is 5.92 Å². The molecule has 1 heterocycles. The fourth-order valence-corrected chi connectivity index (χ4v) is 3.25. The molecule has 0 spiro atoms. The van der Waals surface area contributed by atoms with Crippen molar-refractivity contribution in [2.75, 3.05) is 31.7 Å². The summed E-state index contributed by atoms with van der Waals surface area (Å²) in [6, 6.07) is 6.52. The van der Waals surface area contributed by atoms with Crippen molar-refractivity contribution in [3.05, 3.63) is 28.2 Å². The van der Waals surface area contributed by atoms with E-state index in [1.54, 1.807) is 7.11 Å². The standard InChI is InChI=1S/C14H21BrN2O/c1-10(16)13-4-3-12(7-14(13)15)17-6-5-11(8-17)9-18-2/h3-4,7,10-11H,5-6,8-9,16H2,1-2H3/t10-,11?/m0/s1. The lowest BCUT2D eigenvalue weighted by Crippen LogP contribution is -2.21. The van der Waals surface area contributed by atoms with Gasteiger partial charge in [0.2, 0.25) is 0 Å². The van der Waals surface area contributed by atoms with Crippen LogP contribution in [0.3, 0.4) is 0 Å². The minimum absolute atomic E-state index is 0.0632. The Balaban J connectivity index is 2.09. The van der Waals surface area contributed by atoms with Gasteiger partial charge in [-0.25, -0.2) is 0 Å². The first-order valence-corrected chi connectivity index (χ1v) is 7.20. The predicted molar refractivity (Wildman–Crippen MR) is 78.9 cm³/mol. The van der Waals surface area contributed by atoms with E-state index in [1.807, 2.05) is 6.92 Å². The molecule has 18 heavy (non-hydrogen) atoms. The second kappa shape index (κ2) is 6.04. The number of halogens is 1. The molecule has 1 saturated heterocycles. The van der Waals surface area contributed by atoms with Gasteiger partial charge in [-0.3, -0.25) is 0 Å². The summed E-state index contributed by atoms with van der Waals surface area (Å²) in [6.07, 6.45) is 1.21. The van der Waals surface area contributed by atoms with Gasteiger partial charge in [0.1, 0.15) is 0 Å². The first-order valence-electron chi connectivity index (χ1n) is 6.40. The van der Waals surface area contributed by atoms with Gasteiger partial charge in [-0.1, -0.05) is 22.0 Å². The molecule has 1 fully saturated rings. The Kier molecular flexibility index (Phi) is 4.65. The third kappa shape index (κ3) is 3.05. The van der Waals surface area contributed by atoms with E-state index in [0.717, 1.165) is 29.7 Å². The van der Waals surface area contributed by atoms with Crippen molar-refractivity contribution in [1.29, 1.82) is 0 Å². The van der Waals surface area contributed by atoms with Gasteiger partial charge in [-0.2, -0.15) is 0 Å². The molecule has 0 aromatic heterocycles. The lowest BCUT2D eigenvalue weighted by molar-refractivity contribution is 0.161. The molecule has 1 unspecified atom stereocenters. The maximum Gasteiger partial charge on any atom is 0.0508 e. The molecule has 0 saturated carbocycles. The molecule has 2 N–H and O–H groups in total. The molecule has 1 aromatic rings. The lowest BCUT2D eigenvalue weighted by Gasteiger charge is -2.20. The normalized spacial score (nSPS) is 21.3. The Morgan fingerprint density at radius 2 is 2.33 bits per heavy atom. The zero-order valence-corrected chi connectivity index (χ0v) is 12.6. The number of anilines is 1. The summed E-state index contributed by atoms with van der Waals surface area (Å²) in [7, 11) is 1.77. The summed E-state index contributed by atoms with van der Waals surface area (Å²) in [5.74, 6) is 0.655. The molecule has 100 valence electrons. The first-order chi connectivity index (χ1) is 8.61. The summed E-state index contributed by atoms with van der Waals surface area (Å²) in [5, 5.41) is 0. The van der Waals surface area contributed by atoms with Crippen LogP contribution in [0.1, 0.15) is 24.9 Å². The van der Waals surface area contributed by atoms with Crippen LogP contribution >= 0.6 is 15.9 Å². The molecule has 0 bridgehead atoms. The fraction of sp³-hybridized carbons (Fsp3) is 0.571. The summed E-state index contributed by atoms with van der Waals surface area (Å²) in [6.45, 7) is 5.05. The summed E-state index contributed by atoms with van der Waals surface area (Å²) in [5.41, 5.74) is 8.35. The van der Waals surface area contributed by atoms with Crippen LogP contribution in [0.5, 0.6) is 0 Å². The minimum atomic E-state index is 0.0632. The van der Waals surface area contributed by atoms with E-state index < -0.39 is 0 Å². The smallest absolute Gasteiger partial charge is 0.0508 e. The monoisotopic (exact) mass is 312 g/mol. The van der Waals surface area contributed by atoms with Crippen LogP contribution in [0.2, 0.25) is 0 Å². The molecule has 2 rings (SSSR count). The number of nitrogens with zero attached hydrogens (tertiary/aromatic N) is 1. The van der Waals surface area contributed by atoms with Crippen LogP contribution in [0.15, 0.2) is 22.7 Å². The van der Waals surface area contributed by atoms with Crippen molar-refractivity contribution < 1.29 is 4.74 Å². The largest absolute Gasteiger partial charge is 0.384 e. The molecule has 0 aliphatic carbocycles. The van der Waals surface area contributed by atoms with E-state index in [-0.39, 0.29) is 6.04 Å². The summed E-state index contributed by atoms with van der Waals surface area (Å²) in [4.78, 5) is 2.42. The summed E-state index contributed by atoms with van der Waals surface area (Å²) >= 11 is 3.61. The Morgan fingerprint density at radius 1 is 1.56 bits per heavy atom. The second-order valence-electron chi connectivity index (χ2n) is 5.05. The number of hydrogen-bond acceptors (Lipinski definition) is 3. The maximum absolute atomic E-state index is 5.92. The van der Waals surface area contributed by atoms with E-state index in [1.165, 1.54) is 12.1 Å². The Labute approximate surface area is 117 Å². The molecule has 3 nitrogen and oxygen atoms in total. The van der Waals surface area contributed by atoms with Crippen LogP contribution < -0.4 is 10.6 Å². The zero-order valence-electron chi connectivity index (χ0n) is 11.0. The molecular formula is C14H21BrN2O. The van der Waals surface area contributed by atoms with E-state index in [0.29, 0.717) is 5.92 Å². The molecule has 1 aliphatic rings. The van der Waals surface area contributed by atoms with Crippen molar-refractivity contribution in [3.8, 4) is 0 Å². The molecule has 0 radical (unpaired) electrons. The minimum Gasteiger partial charge on any atom is -0.384 e. The molecule has 1 aromatic carbocycles. The number of ether oxygens (including phenoxy) is 1. The Bertz CT molecular complexity index is 409. The molecule has 4 heteroatoms. The van der Waals surface area contributed by atoms with Crippen LogP contribution in [0.4, 0.5) is 5.69 Å². The van der Waals surface area contributed by atoms with Crippen molar-refractivity contribution in [3.63, 3.8) is 0 Å². The van der Waals surface area contributed by atoms with Crippen molar-refractivity contribution >= 4 is 21.6 Å². The van der Waals surface area contributed by atoms with E-state index >= 15 is 0 Å². The molecule has 1 aliphatic heterocycles. The number of benzene rings is 1. The number of rotatable bonds is 4. The second-order valence-corrected chi connectivity index (χ2v) is 5.90. The number of hydrogen-bond donors (Lipinski definition) is 1. The van der Waals surface area contributed by atoms with Gasteiger partial charge >= 0.3 is 0 Å². The highest BCUT2D eigenvalue weighted by molar-refractivity contribution is 9.10. The van der Waals surface area contributed by atoms with Crippen molar-refractivity contribution in [2.24, 2.45) is 11.7 Å². The molecule has 2 atom stereocenters. The van der Waals surface area contributed by atoms with Gasteiger partial charge in [0, 0.05) is 42.3 Å². The highest BCUT2D eigenvalue weighted by Crippen LogP contribution is 2.30.